The largest absolute Gasteiger partial charge is 0.497 e. The minimum Gasteiger partial charge on any atom is -0.497 e. The van der Waals surface area contributed by atoms with Gasteiger partial charge in [0, 0.05) is 41.3 Å². The summed E-state index contributed by atoms with van der Waals surface area (Å²) in [6.45, 7) is 4.11. The summed E-state index contributed by atoms with van der Waals surface area (Å²) in [5, 5.41) is 22.6. The van der Waals surface area contributed by atoms with E-state index < -0.39 is 47.6 Å². The predicted octanol–water partition coefficient (Wildman–Crippen LogP) is 6.05. The Morgan fingerprint density at radius 3 is 2.60 bits per heavy atom. The number of carboxylic acid groups (broad SMARTS) is 1. The van der Waals surface area contributed by atoms with E-state index in [1.807, 2.05) is 55.6 Å². The molecule has 2 saturated carbocycles. The van der Waals surface area contributed by atoms with Gasteiger partial charge in [-0.05, 0) is 77.3 Å². The molecule has 55 heavy (non-hydrogen) atoms. The van der Waals surface area contributed by atoms with Crippen LogP contribution in [-0.4, -0.2) is 93.4 Å². The molecule has 15 heteroatoms. The Labute approximate surface area is 324 Å². The summed E-state index contributed by atoms with van der Waals surface area (Å²) in [6, 6.07) is 5.50. The van der Waals surface area contributed by atoms with Gasteiger partial charge in [-0.3, -0.25) is 9.59 Å². The number of methoxy groups -OCH3 is 1. The highest BCUT2D eigenvalue weighted by atomic mass is 32.1. The van der Waals surface area contributed by atoms with E-state index in [0.717, 1.165) is 50.1 Å². The minimum atomic E-state index is -1.45. The monoisotopic (exact) mass is 774 g/mol. The molecule has 2 aromatic heterocycles. The summed E-state index contributed by atoms with van der Waals surface area (Å²) in [5.41, 5.74) is 0.394. The first-order chi connectivity index (χ1) is 26.5. The average Bonchev–Trinajstić information content (AvgIpc) is 3.58. The van der Waals surface area contributed by atoms with Gasteiger partial charge in [0.05, 0.1) is 24.9 Å². The Bertz CT molecular complexity index is 1940. The van der Waals surface area contributed by atoms with Crippen LogP contribution in [0, 0.1) is 5.92 Å². The summed E-state index contributed by atoms with van der Waals surface area (Å²) in [6.07, 6.45) is 9.71. The van der Waals surface area contributed by atoms with E-state index in [1.54, 1.807) is 7.11 Å². The first-order valence-electron chi connectivity index (χ1n) is 19.4. The van der Waals surface area contributed by atoms with Crippen molar-refractivity contribution in [1.82, 2.24) is 25.5 Å². The molecule has 4 heterocycles. The van der Waals surface area contributed by atoms with E-state index >= 15 is 0 Å². The number of alkyl carbamates (subject to hydrolysis) is 1. The number of thiazole rings is 1. The van der Waals surface area contributed by atoms with Gasteiger partial charge in [0.2, 0.25) is 11.8 Å². The van der Waals surface area contributed by atoms with Crippen LogP contribution in [0.1, 0.15) is 84.5 Å². The predicted molar refractivity (Wildman–Crippen MR) is 207 cm³/mol. The second-order valence-electron chi connectivity index (χ2n) is 15.4. The molecule has 7 rings (SSSR count). The molecular weight excluding hydrogens is 725 g/mol. The number of aromatic nitrogens is 2. The highest BCUT2D eigenvalue weighted by molar-refractivity contribution is 7.14. The number of hydrogen-bond donors (Lipinski definition) is 4. The van der Waals surface area contributed by atoms with Crippen LogP contribution in [0.5, 0.6) is 11.5 Å². The Balaban J connectivity index is 1.20. The summed E-state index contributed by atoms with van der Waals surface area (Å²) in [5.74, 6) is -1.37. The van der Waals surface area contributed by atoms with Crippen LogP contribution in [0.15, 0.2) is 41.8 Å². The van der Waals surface area contributed by atoms with Crippen molar-refractivity contribution in [2.45, 2.75) is 120 Å². The summed E-state index contributed by atoms with van der Waals surface area (Å²) in [4.78, 5) is 65.5. The van der Waals surface area contributed by atoms with Gasteiger partial charge < -0.3 is 40.2 Å². The molecule has 1 saturated heterocycles. The van der Waals surface area contributed by atoms with Crippen molar-refractivity contribution >= 4 is 51.2 Å². The molecule has 2 aliphatic carbocycles. The first kappa shape index (κ1) is 38.4. The zero-order valence-corrected chi connectivity index (χ0v) is 32.4. The molecule has 3 amide bonds. The number of nitrogens with zero attached hydrogens (tertiary/aromatic N) is 3. The fourth-order valence-electron chi connectivity index (χ4n) is 7.90. The summed E-state index contributed by atoms with van der Waals surface area (Å²) in [7, 11) is 1.58. The number of benzene rings is 1. The van der Waals surface area contributed by atoms with Gasteiger partial charge in [-0.25, -0.2) is 19.6 Å². The van der Waals surface area contributed by atoms with Gasteiger partial charge in [0.15, 0.2) is 5.13 Å². The number of pyridine rings is 1. The van der Waals surface area contributed by atoms with Gasteiger partial charge in [0.25, 0.3) is 0 Å². The number of ether oxygens (including phenoxy) is 3. The molecule has 0 bridgehead atoms. The molecule has 5 atom stereocenters. The number of carbonyl (C=O) groups excluding carboxylic acids is 3. The fourth-order valence-corrected chi connectivity index (χ4v) is 8.75. The molecule has 0 radical (unpaired) electrons. The molecule has 1 aromatic carbocycles. The second-order valence-corrected chi connectivity index (χ2v) is 16.2. The van der Waals surface area contributed by atoms with E-state index in [0.29, 0.717) is 46.6 Å². The number of carbonyl (C=O) groups is 4. The summed E-state index contributed by atoms with van der Waals surface area (Å²) >= 11 is 1.47. The normalized spacial score (nSPS) is 26.7. The molecule has 3 fully saturated rings. The van der Waals surface area contributed by atoms with Gasteiger partial charge in [0.1, 0.15) is 47.0 Å². The van der Waals surface area contributed by atoms with Crippen LogP contribution in [0.25, 0.3) is 22.3 Å². The number of anilines is 1. The van der Waals surface area contributed by atoms with Gasteiger partial charge in [-0.1, -0.05) is 25.0 Å². The van der Waals surface area contributed by atoms with E-state index in [1.165, 1.54) is 16.2 Å². The van der Waals surface area contributed by atoms with Crippen molar-refractivity contribution in [3.8, 4) is 22.9 Å². The van der Waals surface area contributed by atoms with Crippen LogP contribution >= 0.6 is 11.3 Å². The van der Waals surface area contributed by atoms with Crippen molar-refractivity contribution in [3.63, 3.8) is 0 Å². The van der Waals surface area contributed by atoms with E-state index in [2.05, 4.69) is 16.0 Å². The summed E-state index contributed by atoms with van der Waals surface area (Å²) < 4.78 is 17.9. The van der Waals surface area contributed by atoms with E-state index in [4.69, 9.17) is 24.2 Å². The smallest absolute Gasteiger partial charge is 0.408 e. The number of nitrogens with one attached hydrogen (secondary N) is 3. The van der Waals surface area contributed by atoms with E-state index in [9.17, 15) is 24.3 Å². The zero-order chi connectivity index (χ0) is 38.7. The number of rotatable bonds is 9. The van der Waals surface area contributed by atoms with Crippen molar-refractivity contribution < 1.29 is 38.5 Å². The van der Waals surface area contributed by atoms with Crippen LogP contribution in [0.2, 0.25) is 0 Å². The molecule has 0 unspecified atom stereocenters. The number of hydrogen-bond acceptors (Lipinski definition) is 11. The Hall–Kier alpha value is -4.92. The molecule has 0 spiro atoms. The van der Waals surface area contributed by atoms with Crippen molar-refractivity contribution in [2.75, 3.05) is 19.0 Å². The highest BCUT2D eigenvalue weighted by Gasteiger charge is 2.61. The lowest BCUT2D eigenvalue weighted by Crippen LogP contribution is -2.56. The number of fused-ring (bicyclic) bond motifs is 3. The maximum absolute atomic E-state index is 14.5. The zero-order valence-electron chi connectivity index (χ0n) is 31.5. The van der Waals surface area contributed by atoms with Crippen LogP contribution < -0.4 is 25.4 Å². The molecule has 2 aliphatic heterocycles. The van der Waals surface area contributed by atoms with Crippen LogP contribution in [0.4, 0.5) is 9.93 Å². The number of aliphatic carboxylic acids is 1. The molecule has 3 aromatic rings. The van der Waals surface area contributed by atoms with E-state index in [-0.39, 0.29) is 37.5 Å². The molecular formula is C40H50N6O8S. The molecule has 14 nitrogen and oxygen atoms in total. The lowest BCUT2D eigenvalue weighted by atomic mass is 10.0. The Kier molecular flexibility index (Phi) is 11.5. The van der Waals surface area contributed by atoms with Gasteiger partial charge in [-0.15, -0.1) is 11.3 Å². The van der Waals surface area contributed by atoms with Crippen molar-refractivity contribution in [3.05, 3.63) is 41.8 Å². The SMILES string of the molecule is COc1ccc2c(O[C@@H]3C[C@H]4C(=O)N[C@]5(C(=O)O)C[C@@H]5/C=C\CCCCC[C@H](NC(=O)OC5CCCC5)C(=O)N4C3)cc(-c3csc(NC(C)C)n3)nc2c1. The lowest BCUT2D eigenvalue weighted by Gasteiger charge is -2.29. The third kappa shape index (κ3) is 8.66. The Morgan fingerprint density at radius 1 is 1.04 bits per heavy atom. The molecule has 4 aliphatic rings. The van der Waals surface area contributed by atoms with Crippen molar-refractivity contribution in [1.29, 1.82) is 0 Å². The van der Waals surface area contributed by atoms with Gasteiger partial charge >= 0.3 is 12.1 Å². The molecule has 4 N–H and O–H groups in total. The fraction of sp³-hybridized carbons (Fsp3) is 0.550. The maximum atomic E-state index is 14.5. The quantitative estimate of drug-likeness (QED) is 0.186. The van der Waals surface area contributed by atoms with Crippen LogP contribution in [-0.2, 0) is 19.1 Å². The second kappa shape index (κ2) is 16.4. The topological polar surface area (TPSA) is 181 Å². The highest BCUT2D eigenvalue weighted by Crippen LogP contribution is 2.45. The molecule has 294 valence electrons. The van der Waals surface area contributed by atoms with Crippen LogP contribution in [0.3, 0.4) is 0 Å². The lowest BCUT2D eigenvalue weighted by molar-refractivity contribution is -0.145. The number of amides is 3. The number of allylic oxidation sites excluding steroid dienone is 1. The Morgan fingerprint density at radius 2 is 1.84 bits per heavy atom. The third-order valence-electron chi connectivity index (χ3n) is 10.9. The van der Waals surface area contributed by atoms with Gasteiger partial charge in [-0.2, -0.15) is 0 Å². The van der Waals surface area contributed by atoms with Crippen molar-refractivity contribution in [2.24, 2.45) is 5.92 Å². The average molecular weight is 775 g/mol. The minimum absolute atomic E-state index is 0.0324. The third-order valence-corrected chi connectivity index (χ3v) is 11.7. The number of carboxylic acids is 1. The standard InChI is InChI=1S/C40H50N6O8S/c1-23(2)41-38-43-32(22-55-38)31-19-34(28-16-15-26(52-3)17-30(28)42-31)53-27-18-33-35(47)45-40(37(49)50)20-24(40)11-7-5-4-6-8-14-29(36(48)46(33)21-27)44-39(51)54-25-12-9-10-13-25/h7,11,15-17,19,22-25,27,29,33H,4-6,8-10,12-14,18,20-21H2,1-3H3,(H,41,43)(H,44,51)(H,45,47)(H,49,50)/b11-7-/t24-,27+,29-,33-,40+/m0/s1. The first-order valence-corrected chi connectivity index (χ1v) is 20.3. The maximum Gasteiger partial charge on any atom is 0.408 e.